The maximum atomic E-state index is 4.48. The molecule has 0 amide bonds. The minimum atomic E-state index is 0.814. The zero-order valence-electron chi connectivity index (χ0n) is 11.6. The van der Waals surface area contributed by atoms with Crippen LogP contribution in [0.3, 0.4) is 0 Å². The molecule has 5 nitrogen and oxygen atoms in total. The maximum Gasteiger partial charge on any atom is 0.109 e. The fraction of sp³-hybridized carbons (Fsp3) is 0.538. The van der Waals surface area contributed by atoms with Crippen molar-refractivity contribution in [1.29, 1.82) is 0 Å². The zero-order valence-corrected chi connectivity index (χ0v) is 13.2. The van der Waals surface area contributed by atoms with Crippen LogP contribution in [0.2, 0.25) is 0 Å². The van der Waals surface area contributed by atoms with E-state index in [4.69, 9.17) is 0 Å². The van der Waals surface area contributed by atoms with E-state index in [1.165, 1.54) is 5.69 Å². The highest BCUT2D eigenvalue weighted by Gasteiger charge is 2.11. The Labute approximate surface area is 122 Å². The summed E-state index contributed by atoms with van der Waals surface area (Å²) in [6.45, 7) is 3.84. The lowest BCUT2D eigenvalue weighted by Gasteiger charge is -2.06. The molecule has 2 heterocycles. The number of halogens is 1. The Hall–Kier alpha value is -1.14. The van der Waals surface area contributed by atoms with Gasteiger partial charge in [-0.3, -0.25) is 4.68 Å². The van der Waals surface area contributed by atoms with Gasteiger partial charge in [0.25, 0.3) is 0 Å². The van der Waals surface area contributed by atoms with Crippen LogP contribution in [0.15, 0.2) is 16.9 Å². The van der Waals surface area contributed by atoms with Crippen LogP contribution in [0.1, 0.15) is 24.1 Å². The van der Waals surface area contributed by atoms with Gasteiger partial charge in [-0.05, 0) is 22.4 Å². The molecule has 0 saturated carbocycles. The molecule has 1 N–H and O–H groups in total. The molecular formula is C13H20BrN5. The molecule has 2 rings (SSSR count). The Morgan fingerprint density at radius 1 is 1.37 bits per heavy atom. The minimum absolute atomic E-state index is 0.814. The van der Waals surface area contributed by atoms with Gasteiger partial charge in [-0.15, -0.1) is 0 Å². The highest BCUT2D eigenvalue weighted by molar-refractivity contribution is 9.10. The molecule has 0 unspecified atom stereocenters. The van der Waals surface area contributed by atoms with Gasteiger partial charge in [0, 0.05) is 46.0 Å². The molecule has 0 aliphatic heterocycles. The molecule has 0 spiro atoms. The van der Waals surface area contributed by atoms with E-state index in [1.807, 2.05) is 31.2 Å². The van der Waals surface area contributed by atoms with Crippen LogP contribution in [0.5, 0.6) is 0 Å². The van der Waals surface area contributed by atoms with Crippen LogP contribution in [-0.2, 0) is 33.5 Å². The summed E-state index contributed by atoms with van der Waals surface area (Å²) in [5.74, 6) is 1.10. The van der Waals surface area contributed by atoms with Crippen LogP contribution in [0.25, 0.3) is 0 Å². The smallest absolute Gasteiger partial charge is 0.109 e. The quantitative estimate of drug-likeness (QED) is 0.824. The molecule has 0 fully saturated rings. The normalized spacial score (nSPS) is 11.2. The largest absolute Gasteiger partial charge is 0.338 e. The first-order valence-electron chi connectivity index (χ1n) is 6.50. The van der Waals surface area contributed by atoms with Crippen LogP contribution < -0.4 is 5.32 Å². The van der Waals surface area contributed by atoms with Crippen LogP contribution in [0.4, 0.5) is 0 Å². The molecule has 0 aromatic carbocycles. The fourth-order valence-electron chi connectivity index (χ4n) is 2.06. The molecular weight excluding hydrogens is 306 g/mol. The van der Waals surface area contributed by atoms with Crippen LogP contribution >= 0.6 is 15.9 Å². The molecule has 2 aromatic heterocycles. The predicted molar refractivity (Wildman–Crippen MR) is 78.9 cm³/mol. The van der Waals surface area contributed by atoms with E-state index in [-0.39, 0.29) is 0 Å². The van der Waals surface area contributed by atoms with Gasteiger partial charge in [0.15, 0.2) is 0 Å². The number of aromatic nitrogens is 4. The molecule has 2 aromatic rings. The second-order valence-electron chi connectivity index (χ2n) is 4.57. The third kappa shape index (κ3) is 3.25. The Bertz CT molecular complexity index is 543. The third-order valence-corrected chi connectivity index (χ3v) is 4.16. The van der Waals surface area contributed by atoms with Crippen LogP contribution in [0, 0.1) is 0 Å². The van der Waals surface area contributed by atoms with Gasteiger partial charge in [0.05, 0.1) is 15.9 Å². The molecule has 19 heavy (non-hydrogen) atoms. The lowest BCUT2D eigenvalue weighted by atomic mass is 10.3. The highest BCUT2D eigenvalue weighted by atomic mass is 79.9. The first-order valence-corrected chi connectivity index (χ1v) is 7.30. The molecule has 0 radical (unpaired) electrons. The molecule has 0 bridgehead atoms. The van der Waals surface area contributed by atoms with Crippen molar-refractivity contribution in [2.75, 3.05) is 6.54 Å². The Morgan fingerprint density at radius 2 is 2.16 bits per heavy atom. The molecule has 6 heteroatoms. The molecule has 0 aliphatic carbocycles. The summed E-state index contributed by atoms with van der Waals surface area (Å²) < 4.78 is 5.12. The average Bonchev–Trinajstić information content (AvgIpc) is 2.91. The average molecular weight is 326 g/mol. The number of rotatable bonds is 6. The monoisotopic (exact) mass is 325 g/mol. The summed E-state index contributed by atoms with van der Waals surface area (Å²) in [5, 5.41) is 7.93. The Kier molecular flexibility index (Phi) is 4.76. The second kappa shape index (κ2) is 6.34. The van der Waals surface area contributed by atoms with Crippen molar-refractivity contribution in [3.63, 3.8) is 0 Å². The van der Waals surface area contributed by atoms with Crippen molar-refractivity contribution in [2.45, 2.75) is 26.3 Å². The Balaban J connectivity index is 1.86. The number of hydrogen-bond acceptors (Lipinski definition) is 3. The standard InChI is InChI=1S/C13H20BrN5/c1-4-10-13(14)11(19(3)17-10)9-15-6-5-12-16-7-8-18(12)2/h7-8,15H,4-6,9H2,1-3H3. The Morgan fingerprint density at radius 3 is 2.74 bits per heavy atom. The van der Waals surface area contributed by atoms with E-state index < -0.39 is 0 Å². The van der Waals surface area contributed by atoms with E-state index in [1.54, 1.807) is 0 Å². The summed E-state index contributed by atoms with van der Waals surface area (Å²) in [6, 6.07) is 0. The van der Waals surface area contributed by atoms with E-state index in [0.717, 1.165) is 41.9 Å². The summed E-state index contributed by atoms with van der Waals surface area (Å²) in [4.78, 5) is 4.31. The predicted octanol–water partition coefficient (Wildman–Crippen LogP) is 1.81. The van der Waals surface area contributed by atoms with Crippen molar-refractivity contribution in [3.05, 3.63) is 34.1 Å². The summed E-state index contributed by atoms with van der Waals surface area (Å²) in [6.07, 6.45) is 5.68. The molecule has 104 valence electrons. The van der Waals surface area contributed by atoms with Gasteiger partial charge >= 0.3 is 0 Å². The van der Waals surface area contributed by atoms with Crippen LogP contribution in [-0.4, -0.2) is 25.9 Å². The number of nitrogens with one attached hydrogen (secondary N) is 1. The molecule has 0 saturated heterocycles. The number of nitrogens with zero attached hydrogens (tertiary/aromatic N) is 4. The zero-order chi connectivity index (χ0) is 13.8. The van der Waals surface area contributed by atoms with Crippen molar-refractivity contribution >= 4 is 15.9 Å². The first kappa shape index (κ1) is 14.3. The summed E-state index contributed by atoms with van der Waals surface area (Å²) in [5.41, 5.74) is 2.31. The number of aryl methyl sites for hydroxylation is 3. The second-order valence-corrected chi connectivity index (χ2v) is 5.36. The van der Waals surface area contributed by atoms with E-state index in [0.29, 0.717) is 0 Å². The van der Waals surface area contributed by atoms with E-state index >= 15 is 0 Å². The van der Waals surface area contributed by atoms with Crippen molar-refractivity contribution in [3.8, 4) is 0 Å². The topological polar surface area (TPSA) is 47.7 Å². The fourth-order valence-corrected chi connectivity index (χ4v) is 2.81. The SMILES string of the molecule is CCc1nn(C)c(CNCCc2nccn2C)c1Br. The molecule has 0 aliphatic rings. The van der Waals surface area contributed by atoms with Gasteiger partial charge in [-0.1, -0.05) is 6.92 Å². The summed E-state index contributed by atoms with van der Waals surface area (Å²) in [7, 11) is 4.01. The van der Waals surface area contributed by atoms with E-state index in [9.17, 15) is 0 Å². The van der Waals surface area contributed by atoms with Gasteiger partial charge in [-0.25, -0.2) is 4.98 Å². The number of imidazole rings is 1. The maximum absolute atomic E-state index is 4.48. The van der Waals surface area contributed by atoms with Gasteiger partial charge < -0.3 is 9.88 Å². The van der Waals surface area contributed by atoms with E-state index in [2.05, 4.69) is 42.8 Å². The van der Waals surface area contributed by atoms with Gasteiger partial charge in [0.2, 0.25) is 0 Å². The third-order valence-electron chi connectivity index (χ3n) is 3.24. The van der Waals surface area contributed by atoms with Crippen molar-refractivity contribution in [1.82, 2.24) is 24.6 Å². The molecule has 0 atom stereocenters. The number of hydrogen-bond donors (Lipinski definition) is 1. The van der Waals surface area contributed by atoms with Gasteiger partial charge in [0.1, 0.15) is 5.82 Å². The lowest BCUT2D eigenvalue weighted by molar-refractivity contribution is 0.609. The van der Waals surface area contributed by atoms with Crippen molar-refractivity contribution in [2.24, 2.45) is 14.1 Å². The first-order chi connectivity index (χ1) is 9.13. The highest BCUT2D eigenvalue weighted by Crippen LogP contribution is 2.21. The minimum Gasteiger partial charge on any atom is -0.338 e. The van der Waals surface area contributed by atoms with Gasteiger partial charge in [-0.2, -0.15) is 5.10 Å². The van der Waals surface area contributed by atoms with Crippen molar-refractivity contribution < 1.29 is 0 Å². The summed E-state index contributed by atoms with van der Waals surface area (Å²) >= 11 is 3.62. The lowest BCUT2D eigenvalue weighted by Crippen LogP contribution is -2.20.